The normalized spacial score (nSPS) is 10.2. The summed E-state index contributed by atoms with van der Waals surface area (Å²) in [7, 11) is 1.31. The molecule has 0 fully saturated rings. The highest BCUT2D eigenvalue weighted by Gasteiger charge is 2.11. The largest absolute Gasteiger partial charge is 0.465 e. The van der Waals surface area contributed by atoms with Gasteiger partial charge in [0.2, 0.25) is 0 Å². The van der Waals surface area contributed by atoms with Gasteiger partial charge in [-0.15, -0.1) is 0 Å². The van der Waals surface area contributed by atoms with Crippen molar-refractivity contribution in [2.24, 2.45) is 0 Å². The summed E-state index contributed by atoms with van der Waals surface area (Å²) in [6.45, 7) is 0.329. The number of amides is 1. The van der Waals surface area contributed by atoms with E-state index in [4.69, 9.17) is 16.3 Å². The summed E-state index contributed by atoms with van der Waals surface area (Å²) in [6, 6.07) is 13.5. The van der Waals surface area contributed by atoms with Crippen molar-refractivity contribution in [3.8, 4) is 0 Å². The molecule has 1 aromatic carbocycles. The Morgan fingerprint density at radius 2 is 1.89 bits per heavy atom. The van der Waals surface area contributed by atoms with Crippen LogP contribution in [0, 0.1) is 0 Å². The molecular weight excluding hydrogens is 380 g/mol. The van der Waals surface area contributed by atoms with E-state index in [1.165, 1.54) is 13.3 Å². The second-order valence-corrected chi connectivity index (χ2v) is 6.15. The highest BCUT2D eigenvalue weighted by molar-refractivity contribution is 6.33. The van der Waals surface area contributed by atoms with Crippen LogP contribution >= 0.6 is 11.6 Å². The summed E-state index contributed by atoms with van der Waals surface area (Å²) in [6.07, 6.45) is 3.12. The molecule has 2 aromatic heterocycles. The van der Waals surface area contributed by atoms with Gasteiger partial charge in [-0.2, -0.15) is 0 Å². The number of nitrogens with one attached hydrogen (secondary N) is 2. The SMILES string of the molecule is COC(=O)c1ccc(Cl)c(Nc2ccc(C(=O)NCc3ccccn3)cn2)c1. The van der Waals surface area contributed by atoms with Crippen LogP contribution in [0.2, 0.25) is 5.02 Å². The lowest BCUT2D eigenvalue weighted by Gasteiger charge is -2.10. The molecule has 0 saturated heterocycles. The zero-order valence-corrected chi connectivity index (χ0v) is 15.7. The van der Waals surface area contributed by atoms with Crippen molar-refractivity contribution in [1.82, 2.24) is 15.3 Å². The van der Waals surface area contributed by atoms with Crippen molar-refractivity contribution >= 4 is 35.0 Å². The Hall–Kier alpha value is -3.45. The van der Waals surface area contributed by atoms with E-state index in [1.807, 2.05) is 18.2 Å². The van der Waals surface area contributed by atoms with E-state index in [1.54, 1.807) is 36.5 Å². The fourth-order valence-corrected chi connectivity index (χ4v) is 2.55. The van der Waals surface area contributed by atoms with Gasteiger partial charge >= 0.3 is 5.97 Å². The first-order valence-corrected chi connectivity index (χ1v) is 8.73. The number of rotatable bonds is 6. The average molecular weight is 397 g/mol. The Bertz CT molecular complexity index is 979. The molecule has 0 aliphatic carbocycles. The van der Waals surface area contributed by atoms with Crippen LogP contribution in [-0.4, -0.2) is 29.0 Å². The molecule has 0 spiro atoms. The minimum Gasteiger partial charge on any atom is -0.465 e. The number of halogens is 1. The Balaban J connectivity index is 1.66. The Labute approximate surface area is 166 Å². The number of nitrogens with zero attached hydrogens (tertiary/aromatic N) is 2. The lowest BCUT2D eigenvalue weighted by atomic mass is 10.2. The Morgan fingerprint density at radius 3 is 2.57 bits per heavy atom. The molecule has 3 aromatic rings. The molecule has 8 heteroatoms. The van der Waals surface area contributed by atoms with Crippen LogP contribution < -0.4 is 10.6 Å². The van der Waals surface area contributed by atoms with Crippen molar-refractivity contribution in [2.45, 2.75) is 6.54 Å². The molecule has 142 valence electrons. The van der Waals surface area contributed by atoms with Crippen LogP contribution in [0.1, 0.15) is 26.4 Å². The number of ether oxygens (including phenoxy) is 1. The first kappa shape index (κ1) is 19.3. The predicted molar refractivity (Wildman–Crippen MR) is 106 cm³/mol. The first-order chi connectivity index (χ1) is 13.6. The number of carbonyl (C=O) groups is 2. The molecule has 2 heterocycles. The van der Waals surface area contributed by atoms with Crippen molar-refractivity contribution in [1.29, 1.82) is 0 Å². The lowest BCUT2D eigenvalue weighted by Crippen LogP contribution is -2.23. The van der Waals surface area contributed by atoms with Crippen LogP contribution in [0.3, 0.4) is 0 Å². The molecule has 0 aliphatic heterocycles. The van der Waals surface area contributed by atoms with Crippen LogP contribution in [0.25, 0.3) is 0 Å². The molecule has 0 aliphatic rings. The van der Waals surface area contributed by atoms with Gasteiger partial charge < -0.3 is 15.4 Å². The van der Waals surface area contributed by atoms with Gasteiger partial charge in [-0.05, 0) is 42.5 Å². The fourth-order valence-electron chi connectivity index (χ4n) is 2.38. The number of aromatic nitrogens is 2. The number of methoxy groups -OCH3 is 1. The van der Waals surface area contributed by atoms with Crippen LogP contribution in [-0.2, 0) is 11.3 Å². The highest BCUT2D eigenvalue weighted by atomic mass is 35.5. The highest BCUT2D eigenvalue weighted by Crippen LogP contribution is 2.26. The molecule has 0 saturated carbocycles. The van der Waals surface area contributed by atoms with E-state index in [0.29, 0.717) is 34.2 Å². The zero-order chi connectivity index (χ0) is 19.9. The number of anilines is 2. The molecule has 0 radical (unpaired) electrons. The molecule has 3 rings (SSSR count). The van der Waals surface area contributed by atoms with Gasteiger partial charge in [0.25, 0.3) is 5.91 Å². The zero-order valence-electron chi connectivity index (χ0n) is 15.0. The van der Waals surface area contributed by atoms with Gasteiger partial charge in [0.15, 0.2) is 0 Å². The molecule has 0 unspecified atom stereocenters. The molecule has 0 bridgehead atoms. The first-order valence-electron chi connectivity index (χ1n) is 8.36. The maximum Gasteiger partial charge on any atom is 0.337 e. The third-order valence-electron chi connectivity index (χ3n) is 3.83. The Morgan fingerprint density at radius 1 is 1.07 bits per heavy atom. The van der Waals surface area contributed by atoms with Crippen molar-refractivity contribution in [3.63, 3.8) is 0 Å². The number of pyridine rings is 2. The van der Waals surface area contributed by atoms with Gasteiger partial charge in [0.05, 0.1) is 41.2 Å². The third kappa shape index (κ3) is 4.83. The van der Waals surface area contributed by atoms with E-state index < -0.39 is 5.97 Å². The molecule has 0 atom stereocenters. The molecule has 2 N–H and O–H groups in total. The van der Waals surface area contributed by atoms with E-state index >= 15 is 0 Å². The monoisotopic (exact) mass is 396 g/mol. The minimum absolute atomic E-state index is 0.254. The molecular formula is C20H17ClN4O3. The number of carbonyl (C=O) groups excluding carboxylic acids is 2. The fraction of sp³-hybridized carbons (Fsp3) is 0.100. The third-order valence-corrected chi connectivity index (χ3v) is 4.16. The van der Waals surface area contributed by atoms with Crippen LogP contribution in [0.4, 0.5) is 11.5 Å². The maximum atomic E-state index is 12.2. The number of hydrogen-bond acceptors (Lipinski definition) is 6. The van der Waals surface area contributed by atoms with E-state index in [9.17, 15) is 9.59 Å². The lowest BCUT2D eigenvalue weighted by molar-refractivity contribution is 0.0600. The summed E-state index contributed by atoms with van der Waals surface area (Å²) >= 11 is 6.16. The van der Waals surface area contributed by atoms with E-state index in [0.717, 1.165) is 5.69 Å². The second kappa shape index (κ2) is 8.96. The van der Waals surface area contributed by atoms with Gasteiger partial charge in [-0.3, -0.25) is 9.78 Å². The van der Waals surface area contributed by atoms with Crippen molar-refractivity contribution in [3.05, 3.63) is 82.8 Å². The van der Waals surface area contributed by atoms with Crippen LogP contribution in [0.15, 0.2) is 60.9 Å². The van der Waals surface area contributed by atoms with Gasteiger partial charge in [-0.25, -0.2) is 9.78 Å². The smallest absolute Gasteiger partial charge is 0.337 e. The summed E-state index contributed by atoms with van der Waals surface area (Å²) in [5.74, 6) is -0.242. The topological polar surface area (TPSA) is 93.2 Å². The Kier molecular flexibility index (Phi) is 6.18. The number of esters is 1. The van der Waals surface area contributed by atoms with Gasteiger partial charge in [0, 0.05) is 12.4 Å². The van der Waals surface area contributed by atoms with Crippen molar-refractivity contribution in [2.75, 3.05) is 12.4 Å². The predicted octanol–water partition coefficient (Wildman–Crippen LogP) is 3.59. The standard InChI is InChI=1S/C20H17ClN4O3/c1-28-20(27)13-5-7-16(21)17(10-13)25-18-8-6-14(11-23-18)19(26)24-12-15-4-2-3-9-22-15/h2-11H,12H2,1H3,(H,23,25)(H,24,26). The summed E-state index contributed by atoms with van der Waals surface area (Å²) < 4.78 is 4.70. The van der Waals surface area contributed by atoms with Gasteiger partial charge in [-0.1, -0.05) is 17.7 Å². The molecule has 7 nitrogen and oxygen atoms in total. The summed E-state index contributed by atoms with van der Waals surface area (Å²) in [4.78, 5) is 32.3. The molecule has 1 amide bonds. The quantitative estimate of drug-likeness (QED) is 0.618. The summed E-state index contributed by atoms with van der Waals surface area (Å²) in [5, 5.41) is 6.23. The number of hydrogen-bond donors (Lipinski definition) is 2. The van der Waals surface area contributed by atoms with Crippen molar-refractivity contribution < 1.29 is 14.3 Å². The van der Waals surface area contributed by atoms with E-state index in [2.05, 4.69) is 20.6 Å². The second-order valence-electron chi connectivity index (χ2n) is 5.75. The van der Waals surface area contributed by atoms with E-state index in [-0.39, 0.29) is 5.91 Å². The van der Waals surface area contributed by atoms with Gasteiger partial charge in [0.1, 0.15) is 5.82 Å². The molecule has 28 heavy (non-hydrogen) atoms. The maximum absolute atomic E-state index is 12.2. The average Bonchev–Trinajstić information content (AvgIpc) is 2.74. The number of benzene rings is 1. The summed E-state index contributed by atoms with van der Waals surface area (Å²) in [5.41, 5.74) is 2.04. The van der Waals surface area contributed by atoms with Crippen LogP contribution in [0.5, 0.6) is 0 Å². The minimum atomic E-state index is -0.465.